The molecular formula is C19H24N2O3. The number of rotatable bonds is 7. The zero-order valence-electron chi connectivity index (χ0n) is 14.1. The number of nitrogens with two attached hydrogens (primary N) is 1. The van der Waals surface area contributed by atoms with E-state index < -0.39 is 5.72 Å². The van der Waals surface area contributed by atoms with Crippen LogP contribution >= 0.6 is 0 Å². The second-order valence-corrected chi connectivity index (χ2v) is 5.99. The first-order valence-corrected chi connectivity index (χ1v) is 7.88. The van der Waals surface area contributed by atoms with Gasteiger partial charge in [0.05, 0.1) is 6.42 Å². The van der Waals surface area contributed by atoms with Crippen molar-refractivity contribution in [1.29, 1.82) is 0 Å². The van der Waals surface area contributed by atoms with Crippen LogP contribution in [0.3, 0.4) is 0 Å². The van der Waals surface area contributed by atoms with Gasteiger partial charge < -0.3 is 20.9 Å². The molecule has 0 radical (unpaired) electrons. The van der Waals surface area contributed by atoms with Crippen molar-refractivity contribution in [3.8, 4) is 5.75 Å². The summed E-state index contributed by atoms with van der Waals surface area (Å²) in [6.45, 7) is 2.56. The van der Waals surface area contributed by atoms with Crippen LogP contribution in [0.25, 0.3) is 0 Å². The van der Waals surface area contributed by atoms with Crippen molar-refractivity contribution in [2.45, 2.75) is 32.1 Å². The van der Waals surface area contributed by atoms with E-state index in [1.165, 1.54) is 12.6 Å². The van der Waals surface area contributed by atoms with Gasteiger partial charge in [0, 0.05) is 13.5 Å². The second kappa shape index (κ2) is 7.95. The van der Waals surface area contributed by atoms with Gasteiger partial charge in [0.1, 0.15) is 18.1 Å². The van der Waals surface area contributed by atoms with E-state index in [2.05, 4.69) is 18.3 Å². The van der Waals surface area contributed by atoms with Crippen LogP contribution in [0.1, 0.15) is 23.1 Å². The maximum absolute atomic E-state index is 11.3. The molecule has 0 saturated carbocycles. The lowest BCUT2D eigenvalue weighted by atomic mass is 10.00. The molecule has 0 bridgehead atoms. The number of benzene rings is 2. The van der Waals surface area contributed by atoms with E-state index in [4.69, 9.17) is 10.5 Å². The van der Waals surface area contributed by atoms with Crippen LogP contribution in [0.4, 0.5) is 0 Å². The summed E-state index contributed by atoms with van der Waals surface area (Å²) < 4.78 is 5.78. The van der Waals surface area contributed by atoms with Crippen molar-refractivity contribution in [3.05, 3.63) is 65.2 Å². The summed E-state index contributed by atoms with van der Waals surface area (Å²) >= 11 is 0. The molecule has 0 aliphatic rings. The fourth-order valence-electron chi connectivity index (χ4n) is 2.42. The lowest BCUT2D eigenvalue weighted by Crippen LogP contribution is -2.45. The lowest BCUT2D eigenvalue weighted by Gasteiger charge is -2.22. The molecule has 0 heterocycles. The first-order chi connectivity index (χ1) is 11.4. The molecule has 4 N–H and O–H groups in total. The van der Waals surface area contributed by atoms with Gasteiger partial charge in [0.25, 0.3) is 0 Å². The van der Waals surface area contributed by atoms with Gasteiger partial charge in [0.2, 0.25) is 5.91 Å². The standard InChI is InChI=1S/C19H24N2O3/c1-14-5-3-4-6-16(14)13-24-17-9-7-15(8-10-17)11-19(20,23)12-18(22)21-2/h3-10,23H,11-13,20H2,1-2H3,(H,21,22). The Morgan fingerprint density at radius 1 is 1.21 bits per heavy atom. The summed E-state index contributed by atoms with van der Waals surface area (Å²) in [7, 11) is 1.51. The number of aliphatic hydroxyl groups is 1. The molecule has 2 aromatic rings. The third kappa shape index (κ3) is 5.37. The number of hydrogen-bond donors (Lipinski definition) is 3. The maximum Gasteiger partial charge on any atom is 0.224 e. The summed E-state index contributed by atoms with van der Waals surface area (Å²) in [6.07, 6.45) is 0.0491. The molecule has 1 amide bonds. The van der Waals surface area contributed by atoms with E-state index in [0.717, 1.165) is 16.9 Å². The summed E-state index contributed by atoms with van der Waals surface area (Å²) in [4.78, 5) is 11.3. The van der Waals surface area contributed by atoms with Crippen LogP contribution < -0.4 is 15.8 Å². The van der Waals surface area contributed by atoms with Gasteiger partial charge in [-0.05, 0) is 35.7 Å². The molecule has 128 valence electrons. The van der Waals surface area contributed by atoms with Gasteiger partial charge in [-0.1, -0.05) is 36.4 Å². The molecule has 0 fully saturated rings. The Morgan fingerprint density at radius 2 is 1.88 bits per heavy atom. The van der Waals surface area contributed by atoms with E-state index in [1.54, 1.807) is 0 Å². The van der Waals surface area contributed by atoms with Gasteiger partial charge in [-0.2, -0.15) is 0 Å². The summed E-state index contributed by atoms with van der Waals surface area (Å²) in [6, 6.07) is 15.4. The van der Waals surface area contributed by atoms with Gasteiger partial charge in [-0.15, -0.1) is 0 Å². The molecular weight excluding hydrogens is 304 g/mol. The Labute approximate surface area is 142 Å². The quantitative estimate of drug-likeness (QED) is 0.678. The minimum Gasteiger partial charge on any atom is -0.489 e. The minimum atomic E-state index is -1.57. The molecule has 0 spiro atoms. The maximum atomic E-state index is 11.3. The molecule has 0 saturated heterocycles. The smallest absolute Gasteiger partial charge is 0.224 e. The third-order valence-electron chi connectivity index (χ3n) is 3.83. The number of ether oxygens (including phenoxy) is 1. The second-order valence-electron chi connectivity index (χ2n) is 5.99. The first kappa shape index (κ1) is 18.0. The number of carbonyl (C=O) groups excluding carboxylic acids is 1. The largest absolute Gasteiger partial charge is 0.489 e. The topological polar surface area (TPSA) is 84.6 Å². The average Bonchev–Trinajstić information content (AvgIpc) is 2.54. The fourth-order valence-corrected chi connectivity index (χ4v) is 2.42. The summed E-state index contributed by atoms with van der Waals surface area (Å²) in [5.74, 6) is 0.451. The molecule has 2 rings (SSSR count). The highest BCUT2D eigenvalue weighted by molar-refractivity contribution is 5.76. The van der Waals surface area contributed by atoms with Gasteiger partial charge in [-0.3, -0.25) is 4.79 Å². The zero-order valence-corrected chi connectivity index (χ0v) is 14.1. The van der Waals surface area contributed by atoms with Crippen LogP contribution in [-0.4, -0.2) is 23.8 Å². The number of amides is 1. The Balaban J connectivity index is 1.93. The minimum absolute atomic E-state index is 0.144. The van der Waals surface area contributed by atoms with Crippen LogP contribution in [0.15, 0.2) is 48.5 Å². The van der Waals surface area contributed by atoms with E-state index in [1.807, 2.05) is 42.5 Å². The van der Waals surface area contributed by atoms with Gasteiger partial charge in [0.15, 0.2) is 0 Å². The first-order valence-electron chi connectivity index (χ1n) is 7.88. The zero-order chi connectivity index (χ0) is 17.6. The summed E-state index contributed by atoms with van der Waals surface area (Å²) in [5, 5.41) is 12.6. The SMILES string of the molecule is CNC(=O)CC(N)(O)Cc1ccc(OCc2ccccc2C)cc1. The van der Waals surface area contributed by atoms with Crippen molar-refractivity contribution in [1.82, 2.24) is 5.32 Å². The molecule has 5 nitrogen and oxygen atoms in total. The Hall–Kier alpha value is -2.37. The highest BCUT2D eigenvalue weighted by Crippen LogP contribution is 2.18. The van der Waals surface area contributed by atoms with Gasteiger partial charge in [-0.25, -0.2) is 0 Å². The molecule has 5 heteroatoms. The number of aryl methyl sites for hydroxylation is 1. The highest BCUT2D eigenvalue weighted by Gasteiger charge is 2.24. The van der Waals surface area contributed by atoms with E-state index in [0.29, 0.717) is 6.61 Å². The van der Waals surface area contributed by atoms with E-state index in [-0.39, 0.29) is 18.7 Å². The van der Waals surface area contributed by atoms with Crippen LogP contribution in [0.5, 0.6) is 5.75 Å². The monoisotopic (exact) mass is 328 g/mol. The van der Waals surface area contributed by atoms with Crippen LogP contribution in [0.2, 0.25) is 0 Å². The Bertz CT molecular complexity index is 681. The highest BCUT2D eigenvalue weighted by atomic mass is 16.5. The predicted octanol–water partition coefficient (Wildman–Crippen LogP) is 1.90. The average molecular weight is 328 g/mol. The van der Waals surface area contributed by atoms with Crippen molar-refractivity contribution in [2.75, 3.05) is 7.05 Å². The van der Waals surface area contributed by atoms with Crippen molar-refractivity contribution >= 4 is 5.91 Å². The molecule has 0 aromatic heterocycles. The molecule has 0 aliphatic heterocycles. The van der Waals surface area contributed by atoms with Crippen molar-refractivity contribution in [2.24, 2.45) is 5.73 Å². The Kier molecular flexibility index (Phi) is 5.95. The fraction of sp³-hybridized carbons (Fsp3) is 0.316. The number of hydrogen-bond acceptors (Lipinski definition) is 4. The lowest BCUT2D eigenvalue weighted by molar-refractivity contribution is -0.125. The normalized spacial score (nSPS) is 13.2. The van der Waals surface area contributed by atoms with Gasteiger partial charge >= 0.3 is 0 Å². The van der Waals surface area contributed by atoms with Crippen molar-refractivity contribution in [3.63, 3.8) is 0 Å². The van der Waals surface area contributed by atoms with Crippen LogP contribution in [-0.2, 0) is 17.8 Å². The number of nitrogens with one attached hydrogen (secondary N) is 1. The molecule has 24 heavy (non-hydrogen) atoms. The molecule has 1 atom stereocenters. The Morgan fingerprint density at radius 3 is 2.50 bits per heavy atom. The third-order valence-corrected chi connectivity index (χ3v) is 3.83. The molecule has 0 aliphatic carbocycles. The molecule has 1 unspecified atom stereocenters. The van der Waals surface area contributed by atoms with E-state index >= 15 is 0 Å². The van der Waals surface area contributed by atoms with Crippen molar-refractivity contribution < 1.29 is 14.6 Å². The molecule has 2 aromatic carbocycles. The number of carbonyl (C=O) groups is 1. The van der Waals surface area contributed by atoms with Crippen LogP contribution in [0, 0.1) is 6.92 Å². The van der Waals surface area contributed by atoms with E-state index in [9.17, 15) is 9.90 Å². The summed E-state index contributed by atoms with van der Waals surface area (Å²) in [5.41, 5.74) is 7.39. The predicted molar refractivity (Wildman–Crippen MR) is 93.5 cm³/mol.